The summed E-state index contributed by atoms with van der Waals surface area (Å²) in [6, 6.07) is 4.46. The molecule has 0 saturated heterocycles. The van der Waals surface area contributed by atoms with Crippen molar-refractivity contribution in [2.24, 2.45) is 17.4 Å². The van der Waals surface area contributed by atoms with Crippen molar-refractivity contribution in [1.29, 1.82) is 0 Å². The maximum absolute atomic E-state index is 6.37. The van der Waals surface area contributed by atoms with E-state index in [0.29, 0.717) is 5.92 Å². The van der Waals surface area contributed by atoms with Crippen molar-refractivity contribution in [2.75, 3.05) is 6.54 Å². The van der Waals surface area contributed by atoms with Crippen LogP contribution in [0, 0.1) is 19.8 Å². The Balaban J connectivity index is 2.25. The standard InChI is InChI=1S/C15H21N3/c1-8-3-4-12-14(9(8)2)15-11(17)5-10(7-16)6-13(15)18-12/h3-4,10-11,18H,5-7,16-17H2,1-2H3. The normalized spacial score (nSPS) is 23.3. The smallest absolute Gasteiger partial charge is 0.0462 e. The van der Waals surface area contributed by atoms with Gasteiger partial charge in [0.15, 0.2) is 0 Å². The van der Waals surface area contributed by atoms with Gasteiger partial charge >= 0.3 is 0 Å². The van der Waals surface area contributed by atoms with Crippen molar-refractivity contribution in [3.8, 4) is 0 Å². The number of rotatable bonds is 1. The van der Waals surface area contributed by atoms with Crippen LogP contribution in [0.5, 0.6) is 0 Å². The Bertz CT molecular complexity index is 597. The van der Waals surface area contributed by atoms with Crippen molar-refractivity contribution < 1.29 is 0 Å². The molecule has 0 amide bonds. The highest BCUT2D eigenvalue weighted by Crippen LogP contribution is 2.38. The first-order valence-electron chi connectivity index (χ1n) is 6.68. The summed E-state index contributed by atoms with van der Waals surface area (Å²) in [5.41, 5.74) is 18.7. The molecule has 0 radical (unpaired) electrons. The van der Waals surface area contributed by atoms with E-state index >= 15 is 0 Å². The average Bonchev–Trinajstić information content (AvgIpc) is 2.73. The topological polar surface area (TPSA) is 67.8 Å². The van der Waals surface area contributed by atoms with E-state index in [1.807, 2.05) is 0 Å². The Morgan fingerprint density at radius 2 is 2.11 bits per heavy atom. The molecule has 96 valence electrons. The maximum atomic E-state index is 6.37. The fourth-order valence-corrected chi connectivity index (χ4v) is 3.25. The van der Waals surface area contributed by atoms with Gasteiger partial charge in [0.2, 0.25) is 0 Å². The number of nitrogens with one attached hydrogen (secondary N) is 1. The minimum atomic E-state index is 0.122. The summed E-state index contributed by atoms with van der Waals surface area (Å²) in [7, 11) is 0. The molecule has 18 heavy (non-hydrogen) atoms. The number of aromatic nitrogens is 1. The molecule has 1 aromatic heterocycles. The monoisotopic (exact) mass is 243 g/mol. The number of aromatic amines is 1. The molecule has 2 unspecified atom stereocenters. The predicted octanol–water partition coefficient (Wildman–Crippen LogP) is 2.31. The van der Waals surface area contributed by atoms with E-state index in [1.165, 1.54) is 33.3 Å². The Hall–Kier alpha value is -1.32. The van der Waals surface area contributed by atoms with Gasteiger partial charge in [-0.15, -0.1) is 0 Å². The third-order valence-electron chi connectivity index (χ3n) is 4.40. The molecule has 0 bridgehead atoms. The number of fused-ring (bicyclic) bond motifs is 3. The minimum absolute atomic E-state index is 0.122. The molecule has 0 fully saturated rings. The first-order valence-corrected chi connectivity index (χ1v) is 6.68. The molecule has 5 N–H and O–H groups in total. The second-order valence-corrected chi connectivity index (χ2v) is 5.60. The summed E-state index contributed by atoms with van der Waals surface area (Å²) in [6.07, 6.45) is 2.04. The first-order chi connectivity index (χ1) is 8.61. The molecular weight excluding hydrogens is 222 g/mol. The first kappa shape index (κ1) is 11.8. The van der Waals surface area contributed by atoms with E-state index in [1.54, 1.807) is 0 Å². The van der Waals surface area contributed by atoms with Crippen LogP contribution in [-0.2, 0) is 6.42 Å². The second kappa shape index (κ2) is 4.11. The molecular formula is C15H21N3. The Morgan fingerprint density at radius 3 is 2.83 bits per heavy atom. The van der Waals surface area contributed by atoms with Gasteiger partial charge in [-0.3, -0.25) is 0 Å². The number of hydrogen-bond donors (Lipinski definition) is 3. The highest BCUT2D eigenvalue weighted by Gasteiger charge is 2.28. The zero-order valence-corrected chi connectivity index (χ0v) is 11.1. The molecule has 3 heteroatoms. The van der Waals surface area contributed by atoms with E-state index < -0.39 is 0 Å². The zero-order valence-electron chi connectivity index (χ0n) is 11.1. The summed E-state index contributed by atoms with van der Waals surface area (Å²) >= 11 is 0. The van der Waals surface area contributed by atoms with Gasteiger partial charge in [0, 0.05) is 22.6 Å². The number of aryl methyl sites for hydroxylation is 2. The van der Waals surface area contributed by atoms with Gasteiger partial charge in [0.05, 0.1) is 0 Å². The predicted molar refractivity (Wildman–Crippen MR) is 75.6 cm³/mol. The van der Waals surface area contributed by atoms with Crippen molar-refractivity contribution in [3.63, 3.8) is 0 Å². The van der Waals surface area contributed by atoms with Crippen LogP contribution in [0.1, 0.15) is 34.8 Å². The van der Waals surface area contributed by atoms with Crippen molar-refractivity contribution in [2.45, 2.75) is 32.7 Å². The lowest BCUT2D eigenvalue weighted by Crippen LogP contribution is -2.28. The summed E-state index contributed by atoms with van der Waals surface area (Å²) < 4.78 is 0. The Morgan fingerprint density at radius 1 is 1.33 bits per heavy atom. The maximum Gasteiger partial charge on any atom is 0.0462 e. The third-order valence-corrected chi connectivity index (χ3v) is 4.40. The van der Waals surface area contributed by atoms with Crippen LogP contribution in [0.4, 0.5) is 0 Å². The quantitative estimate of drug-likeness (QED) is 0.719. The van der Waals surface area contributed by atoms with Gasteiger partial charge in [-0.25, -0.2) is 0 Å². The lowest BCUT2D eigenvalue weighted by atomic mass is 9.83. The van der Waals surface area contributed by atoms with Gasteiger partial charge in [-0.05, 0) is 61.9 Å². The lowest BCUT2D eigenvalue weighted by molar-refractivity contribution is 0.414. The Labute approximate surface area is 108 Å². The van der Waals surface area contributed by atoms with Crippen LogP contribution >= 0.6 is 0 Å². The van der Waals surface area contributed by atoms with Gasteiger partial charge in [0.1, 0.15) is 0 Å². The van der Waals surface area contributed by atoms with E-state index in [9.17, 15) is 0 Å². The van der Waals surface area contributed by atoms with Crippen molar-refractivity contribution >= 4 is 10.9 Å². The number of benzene rings is 1. The summed E-state index contributed by atoms with van der Waals surface area (Å²) in [6.45, 7) is 5.07. The van der Waals surface area contributed by atoms with E-state index in [4.69, 9.17) is 11.5 Å². The molecule has 2 atom stereocenters. The van der Waals surface area contributed by atoms with Crippen LogP contribution in [0.25, 0.3) is 10.9 Å². The second-order valence-electron chi connectivity index (χ2n) is 5.60. The van der Waals surface area contributed by atoms with Crippen molar-refractivity contribution in [3.05, 3.63) is 34.5 Å². The third kappa shape index (κ3) is 1.58. The molecule has 1 aliphatic rings. The highest BCUT2D eigenvalue weighted by atomic mass is 14.8. The minimum Gasteiger partial charge on any atom is -0.358 e. The number of hydrogen-bond acceptors (Lipinski definition) is 2. The summed E-state index contributed by atoms with van der Waals surface area (Å²) in [4.78, 5) is 3.54. The van der Waals surface area contributed by atoms with Gasteiger partial charge < -0.3 is 16.5 Å². The molecule has 0 saturated carbocycles. The van der Waals surface area contributed by atoms with Gasteiger partial charge in [-0.1, -0.05) is 6.07 Å². The average molecular weight is 243 g/mol. The molecule has 3 rings (SSSR count). The van der Waals surface area contributed by atoms with E-state index in [-0.39, 0.29) is 6.04 Å². The molecule has 1 heterocycles. The molecule has 0 spiro atoms. The molecule has 3 nitrogen and oxygen atoms in total. The van der Waals surface area contributed by atoms with Crippen LogP contribution in [0.3, 0.4) is 0 Å². The van der Waals surface area contributed by atoms with E-state index in [0.717, 1.165) is 19.4 Å². The van der Waals surface area contributed by atoms with Crippen molar-refractivity contribution in [1.82, 2.24) is 4.98 Å². The molecule has 1 aliphatic carbocycles. The summed E-state index contributed by atoms with van der Waals surface area (Å²) in [5, 5.41) is 1.34. The van der Waals surface area contributed by atoms with Crippen LogP contribution < -0.4 is 11.5 Å². The summed E-state index contributed by atoms with van der Waals surface area (Å²) in [5.74, 6) is 0.516. The SMILES string of the molecule is Cc1ccc2[nH]c3c(c2c1C)C(N)CC(CN)C3. The fraction of sp³-hybridized carbons (Fsp3) is 0.467. The number of nitrogens with two attached hydrogens (primary N) is 2. The highest BCUT2D eigenvalue weighted by molar-refractivity contribution is 5.89. The fourth-order valence-electron chi connectivity index (χ4n) is 3.25. The van der Waals surface area contributed by atoms with Gasteiger partial charge in [0.25, 0.3) is 0 Å². The lowest BCUT2D eigenvalue weighted by Gasteiger charge is -2.26. The van der Waals surface area contributed by atoms with Crippen LogP contribution in [0.2, 0.25) is 0 Å². The van der Waals surface area contributed by atoms with Gasteiger partial charge in [-0.2, -0.15) is 0 Å². The van der Waals surface area contributed by atoms with Crippen LogP contribution in [-0.4, -0.2) is 11.5 Å². The number of H-pyrrole nitrogens is 1. The largest absolute Gasteiger partial charge is 0.358 e. The zero-order chi connectivity index (χ0) is 12.9. The molecule has 1 aromatic carbocycles. The molecule has 2 aromatic rings. The van der Waals surface area contributed by atoms with E-state index in [2.05, 4.69) is 31.0 Å². The van der Waals surface area contributed by atoms with Crippen LogP contribution in [0.15, 0.2) is 12.1 Å². The Kier molecular flexibility index (Phi) is 2.68. The molecule has 0 aliphatic heterocycles.